The lowest BCUT2D eigenvalue weighted by molar-refractivity contribution is -0.123. The van der Waals surface area contributed by atoms with Crippen molar-refractivity contribution < 1.29 is 14.3 Å². The van der Waals surface area contributed by atoms with Crippen LogP contribution in [0.4, 0.5) is 0 Å². The standard InChI is InChI=1S/C17H26N4O3/c1-12-14(10-19-13(2)20-12)16(23)21-9-5-7-17(11-21,24-4)8-6-15(22)18-3/h10H,5-9,11H2,1-4H3,(H,18,22). The summed E-state index contributed by atoms with van der Waals surface area (Å²) in [6.45, 7) is 4.78. The lowest BCUT2D eigenvalue weighted by Crippen LogP contribution is -2.52. The van der Waals surface area contributed by atoms with E-state index < -0.39 is 5.60 Å². The zero-order valence-corrected chi connectivity index (χ0v) is 14.9. The monoisotopic (exact) mass is 334 g/mol. The fourth-order valence-electron chi connectivity index (χ4n) is 3.17. The highest BCUT2D eigenvalue weighted by Gasteiger charge is 2.38. The first-order valence-electron chi connectivity index (χ1n) is 8.26. The Kier molecular flexibility index (Phi) is 5.88. The first-order chi connectivity index (χ1) is 11.4. The molecule has 0 aliphatic carbocycles. The van der Waals surface area contributed by atoms with Crippen LogP contribution < -0.4 is 5.32 Å². The van der Waals surface area contributed by atoms with Gasteiger partial charge in [-0.05, 0) is 33.1 Å². The number of nitrogens with one attached hydrogen (secondary N) is 1. The number of likely N-dealkylation sites (tertiary alicyclic amines) is 1. The van der Waals surface area contributed by atoms with Crippen molar-refractivity contribution >= 4 is 11.8 Å². The number of ether oxygens (including phenoxy) is 1. The predicted octanol–water partition coefficient (Wildman–Crippen LogP) is 1.24. The molecule has 1 aromatic rings. The highest BCUT2D eigenvalue weighted by Crippen LogP contribution is 2.30. The second-order valence-corrected chi connectivity index (χ2v) is 6.31. The number of methoxy groups -OCH3 is 1. The minimum Gasteiger partial charge on any atom is -0.376 e. The molecule has 1 fully saturated rings. The number of piperidine rings is 1. The van der Waals surface area contributed by atoms with Crippen molar-refractivity contribution in [3.8, 4) is 0 Å². The molecule has 1 atom stereocenters. The summed E-state index contributed by atoms with van der Waals surface area (Å²) in [6, 6.07) is 0. The summed E-state index contributed by atoms with van der Waals surface area (Å²) in [7, 11) is 3.27. The van der Waals surface area contributed by atoms with E-state index in [2.05, 4.69) is 15.3 Å². The predicted molar refractivity (Wildman–Crippen MR) is 89.7 cm³/mol. The lowest BCUT2D eigenvalue weighted by atomic mass is 9.87. The molecule has 132 valence electrons. The molecule has 0 aromatic carbocycles. The topological polar surface area (TPSA) is 84.4 Å². The molecular weight excluding hydrogens is 308 g/mol. The summed E-state index contributed by atoms with van der Waals surface area (Å²) in [5, 5.41) is 2.63. The van der Waals surface area contributed by atoms with Gasteiger partial charge in [0.15, 0.2) is 0 Å². The summed E-state index contributed by atoms with van der Waals surface area (Å²) in [4.78, 5) is 34.6. The first kappa shape index (κ1) is 18.3. The second kappa shape index (κ2) is 7.70. The van der Waals surface area contributed by atoms with Crippen LogP contribution in [0.25, 0.3) is 0 Å². The van der Waals surface area contributed by atoms with Crippen LogP contribution in [-0.4, -0.2) is 59.5 Å². The maximum Gasteiger partial charge on any atom is 0.257 e. The van der Waals surface area contributed by atoms with E-state index in [-0.39, 0.29) is 11.8 Å². The molecule has 2 rings (SSSR count). The van der Waals surface area contributed by atoms with Crippen LogP contribution in [0.15, 0.2) is 6.20 Å². The van der Waals surface area contributed by atoms with Crippen LogP contribution in [-0.2, 0) is 9.53 Å². The number of aromatic nitrogens is 2. The van der Waals surface area contributed by atoms with Gasteiger partial charge in [0.05, 0.1) is 16.9 Å². The molecule has 1 N–H and O–H groups in total. The Hall–Kier alpha value is -2.02. The Balaban J connectivity index is 2.13. The van der Waals surface area contributed by atoms with Crippen LogP contribution in [0.2, 0.25) is 0 Å². The van der Waals surface area contributed by atoms with E-state index in [9.17, 15) is 9.59 Å². The van der Waals surface area contributed by atoms with Crippen LogP contribution in [0.3, 0.4) is 0 Å². The smallest absolute Gasteiger partial charge is 0.257 e. The fraction of sp³-hybridized carbons (Fsp3) is 0.647. The van der Waals surface area contributed by atoms with Gasteiger partial charge in [-0.1, -0.05) is 0 Å². The van der Waals surface area contributed by atoms with Gasteiger partial charge < -0.3 is 15.0 Å². The summed E-state index contributed by atoms with van der Waals surface area (Å²) in [6.07, 6.45) is 4.26. The third kappa shape index (κ3) is 4.08. The largest absolute Gasteiger partial charge is 0.376 e. The SMILES string of the molecule is CNC(=O)CCC1(OC)CCCN(C(=O)c2cnc(C)nc2C)C1. The van der Waals surface area contributed by atoms with Gasteiger partial charge in [-0.15, -0.1) is 0 Å². The van der Waals surface area contributed by atoms with Gasteiger partial charge in [-0.25, -0.2) is 9.97 Å². The maximum absolute atomic E-state index is 12.8. The average molecular weight is 334 g/mol. The normalized spacial score (nSPS) is 20.8. The van der Waals surface area contributed by atoms with E-state index in [1.54, 1.807) is 32.2 Å². The molecule has 1 aliphatic heterocycles. The van der Waals surface area contributed by atoms with Crippen LogP contribution in [0.1, 0.15) is 47.6 Å². The number of amides is 2. The number of hydrogen-bond donors (Lipinski definition) is 1. The van der Waals surface area contributed by atoms with E-state index in [4.69, 9.17) is 4.74 Å². The Bertz CT molecular complexity index is 620. The molecule has 0 radical (unpaired) electrons. The highest BCUT2D eigenvalue weighted by molar-refractivity contribution is 5.95. The quantitative estimate of drug-likeness (QED) is 0.876. The van der Waals surface area contributed by atoms with Crippen LogP contribution in [0, 0.1) is 13.8 Å². The van der Waals surface area contributed by atoms with Crippen LogP contribution >= 0.6 is 0 Å². The van der Waals surface area contributed by atoms with Crippen LogP contribution in [0.5, 0.6) is 0 Å². The van der Waals surface area contributed by atoms with Gasteiger partial charge in [0, 0.05) is 39.9 Å². The Labute approximate surface area is 142 Å². The van der Waals surface area contributed by atoms with Gasteiger partial charge in [0.2, 0.25) is 5.91 Å². The van der Waals surface area contributed by atoms with E-state index >= 15 is 0 Å². The van der Waals surface area contributed by atoms with Crippen molar-refractivity contribution in [2.24, 2.45) is 0 Å². The lowest BCUT2D eigenvalue weighted by Gasteiger charge is -2.42. The molecule has 1 saturated heterocycles. The van der Waals surface area contributed by atoms with E-state index in [0.29, 0.717) is 43.0 Å². The molecule has 24 heavy (non-hydrogen) atoms. The van der Waals surface area contributed by atoms with Crippen molar-refractivity contribution in [2.45, 2.75) is 45.1 Å². The Morgan fingerprint density at radius 2 is 2.17 bits per heavy atom. The molecule has 2 amide bonds. The van der Waals surface area contributed by atoms with Crippen molar-refractivity contribution in [1.82, 2.24) is 20.2 Å². The first-order valence-corrected chi connectivity index (χ1v) is 8.26. The molecule has 1 unspecified atom stereocenters. The van der Waals surface area contributed by atoms with E-state index in [0.717, 1.165) is 12.8 Å². The van der Waals surface area contributed by atoms with E-state index in [1.807, 2.05) is 6.92 Å². The molecule has 0 saturated carbocycles. The summed E-state index contributed by atoms with van der Waals surface area (Å²) < 4.78 is 5.73. The summed E-state index contributed by atoms with van der Waals surface area (Å²) in [5.41, 5.74) is 0.741. The molecule has 0 spiro atoms. The molecule has 7 heteroatoms. The second-order valence-electron chi connectivity index (χ2n) is 6.31. The molecule has 2 heterocycles. The Morgan fingerprint density at radius 3 is 2.79 bits per heavy atom. The molecule has 7 nitrogen and oxygen atoms in total. The third-order valence-electron chi connectivity index (χ3n) is 4.68. The van der Waals surface area contributed by atoms with Gasteiger partial charge in [0.1, 0.15) is 5.82 Å². The zero-order chi connectivity index (χ0) is 17.7. The average Bonchev–Trinajstić information content (AvgIpc) is 2.59. The van der Waals surface area contributed by atoms with Crippen molar-refractivity contribution in [1.29, 1.82) is 0 Å². The minimum atomic E-state index is -0.472. The van der Waals surface area contributed by atoms with E-state index in [1.165, 1.54) is 0 Å². The molecule has 0 bridgehead atoms. The fourth-order valence-corrected chi connectivity index (χ4v) is 3.17. The number of aryl methyl sites for hydroxylation is 2. The van der Waals surface area contributed by atoms with Gasteiger partial charge in [0.25, 0.3) is 5.91 Å². The number of nitrogens with zero attached hydrogens (tertiary/aromatic N) is 3. The van der Waals surface area contributed by atoms with Crippen molar-refractivity contribution in [2.75, 3.05) is 27.2 Å². The third-order valence-corrected chi connectivity index (χ3v) is 4.68. The minimum absolute atomic E-state index is 0.0161. The molecule has 1 aliphatic rings. The van der Waals surface area contributed by atoms with Gasteiger partial charge in [-0.3, -0.25) is 9.59 Å². The Morgan fingerprint density at radius 1 is 1.42 bits per heavy atom. The van der Waals surface area contributed by atoms with Crippen molar-refractivity contribution in [3.63, 3.8) is 0 Å². The highest BCUT2D eigenvalue weighted by atomic mass is 16.5. The van der Waals surface area contributed by atoms with Crippen molar-refractivity contribution in [3.05, 3.63) is 23.3 Å². The number of hydrogen-bond acceptors (Lipinski definition) is 5. The number of rotatable bonds is 5. The number of carbonyl (C=O) groups is 2. The summed E-state index contributed by atoms with van der Waals surface area (Å²) >= 11 is 0. The van der Waals surface area contributed by atoms with Gasteiger partial charge in [-0.2, -0.15) is 0 Å². The molecule has 1 aromatic heterocycles. The maximum atomic E-state index is 12.8. The van der Waals surface area contributed by atoms with Gasteiger partial charge >= 0.3 is 0 Å². The zero-order valence-electron chi connectivity index (χ0n) is 14.9. The number of carbonyl (C=O) groups excluding carboxylic acids is 2. The molecular formula is C17H26N4O3. The summed E-state index contributed by atoms with van der Waals surface area (Å²) in [5.74, 6) is 0.561.